The number of hydrogen-bond acceptors (Lipinski definition) is 4. The molecule has 0 aliphatic heterocycles. The van der Waals surface area contributed by atoms with Crippen molar-refractivity contribution in [3.05, 3.63) is 101 Å². The fourth-order valence-electron chi connectivity index (χ4n) is 4.61. The molecular formula is C30H32ClN3O2. The highest BCUT2D eigenvalue weighted by Gasteiger charge is 2.28. The average Bonchev–Trinajstić information content (AvgIpc) is 3.65. The van der Waals surface area contributed by atoms with Gasteiger partial charge in [-0.1, -0.05) is 72.3 Å². The summed E-state index contributed by atoms with van der Waals surface area (Å²) in [4.78, 5) is 2.36. The van der Waals surface area contributed by atoms with Crippen molar-refractivity contribution < 1.29 is 9.84 Å². The number of nitrogens with zero attached hydrogens (tertiary/aromatic N) is 3. The molecule has 0 saturated heterocycles. The summed E-state index contributed by atoms with van der Waals surface area (Å²) in [6.07, 6.45) is 2.67. The predicted molar refractivity (Wildman–Crippen MR) is 144 cm³/mol. The number of aliphatic hydroxyl groups excluding tert-OH is 1. The third-order valence-electron chi connectivity index (χ3n) is 6.54. The molecule has 5 rings (SSSR count). The second-order valence-electron chi connectivity index (χ2n) is 9.66. The highest BCUT2D eigenvalue weighted by Crippen LogP contribution is 2.36. The van der Waals surface area contributed by atoms with Crippen molar-refractivity contribution in [2.24, 2.45) is 13.0 Å². The third-order valence-corrected chi connectivity index (χ3v) is 6.79. The minimum atomic E-state index is -0.455. The van der Waals surface area contributed by atoms with Crippen LogP contribution in [0.3, 0.4) is 0 Å². The third kappa shape index (κ3) is 6.35. The maximum Gasteiger partial charge on any atom is 0.222 e. The summed E-state index contributed by atoms with van der Waals surface area (Å²) in [5.41, 5.74) is 4.12. The lowest BCUT2D eigenvalue weighted by atomic mass is 10.1. The molecule has 1 saturated carbocycles. The largest absolute Gasteiger partial charge is 0.439 e. The lowest BCUT2D eigenvalue weighted by molar-refractivity contribution is 0.105. The Labute approximate surface area is 217 Å². The Balaban J connectivity index is 1.44. The summed E-state index contributed by atoms with van der Waals surface area (Å²) in [7, 11) is 1.91. The molecule has 5 nitrogen and oxygen atoms in total. The molecular weight excluding hydrogens is 470 g/mol. The SMILES string of the molecule is Cn1nc(-c2ccccc2)c(CN(CC2CC2)C[C@@H](O)Cc2ccccc2)c1Oc1ccc(Cl)cc1. The van der Waals surface area contributed by atoms with Gasteiger partial charge in [-0.25, -0.2) is 4.68 Å². The molecule has 0 radical (unpaired) electrons. The fraction of sp³-hybridized carbons (Fsp3) is 0.300. The molecule has 36 heavy (non-hydrogen) atoms. The van der Waals surface area contributed by atoms with E-state index in [1.54, 1.807) is 0 Å². The molecule has 186 valence electrons. The van der Waals surface area contributed by atoms with E-state index in [1.165, 1.54) is 12.8 Å². The predicted octanol–water partition coefficient (Wildman–Crippen LogP) is 6.35. The number of aryl methyl sites for hydroxylation is 1. The molecule has 6 heteroatoms. The highest BCUT2D eigenvalue weighted by molar-refractivity contribution is 6.30. The Hall–Kier alpha value is -3.12. The molecule has 1 heterocycles. The number of aliphatic hydroxyl groups is 1. The smallest absolute Gasteiger partial charge is 0.222 e. The van der Waals surface area contributed by atoms with Gasteiger partial charge in [0.25, 0.3) is 0 Å². The Kier molecular flexibility index (Phi) is 7.71. The van der Waals surface area contributed by atoms with Crippen LogP contribution in [0.15, 0.2) is 84.9 Å². The molecule has 1 aliphatic carbocycles. The van der Waals surface area contributed by atoms with Gasteiger partial charge in [0.15, 0.2) is 0 Å². The number of benzene rings is 3. The Bertz CT molecular complexity index is 1250. The maximum absolute atomic E-state index is 11.0. The zero-order valence-corrected chi connectivity index (χ0v) is 21.3. The summed E-state index contributed by atoms with van der Waals surface area (Å²) in [6.45, 7) is 2.19. The molecule has 0 amide bonds. The minimum Gasteiger partial charge on any atom is -0.439 e. The van der Waals surface area contributed by atoms with E-state index >= 15 is 0 Å². The van der Waals surface area contributed by atoms with Crippen LogP contribution in [0.4, 0.5) is 0 Å². The zero-order chi connectivity index (χ0) is 24.9. The second kappa shape index (κ2) is 11.3. The first-order chi connectivity index (χ1) is 17.5. The van der Waals surface area contributed by atoms with Crippen molar-refractivity contribution in [2.75, 3.05) is 13.1 Å². The fourth-order valence-corrected chi connectivity index (χ4v) is 4.73. The van der Waals surface area contributed by atoms with Gasteiger partial charge in [0.2, 0.25) is 5.88 Å². The van der Waals surface area contributed by atoms with Gasteiger partial charge in [-0.2, -0.15) is 5.10 Å². The monoisotopic (exact) mass is 501 g/mol. The van der Waals surface area contributed by atoms with Crippen LogP contribution in [0.25, 0.3) is 11.3 Å². The Morgan fingerprint density at radius 1 is 1.00 bits per heavy atom. The van der Waals surface area contributed by atoms with E-state index in [0.29, 0.717) is 42.1 Å². The molecule has 0 bridgehead atoms. The molecule has 4 aromatic rings. The van der Waals surface area contributed by atoms with Gasteiger partial charge in [0.1, 0.15) is 11.4 Å². The summed E-state index contributed by atoms with van der Waals surface area (Å²) < 4.78 is 8.18. The minimum absolute atomic E-state index is 0.455. The first-order valence-corrected chi connectivity index (χ1v) is 12.9. The van der Waals surface area contributed by atoms with Crippen LogP contribution >= 0.6 is 11.6 Å². The van der Waals surface area contributed by atoms with E-state index in [4.69, 9.17) is 21.4 Å². The highest BCUT2D eigenvalue weighted by atomic mass is 35.5. The van der Waals surface area contributed by atoms with E-state index in [9.17, 15) is 5.11 Å². The van der Waals surface area contributed by atoms with Gasteiger partial charge < -0.3 is 9.84 Å². The van der Waals surface area contributed by atoms with E-state index in [1.807, 2.05) is 72.4 Å². The normalized spacial score (nSPS) is 14.2. The van der Waals surface area contributed by atoms with Crippen LogP contribution < -0.4 is 4.74 Å². The molecule has 0 spiro atoms. The first kappa shape index (κ1) is 24.6. The zero-order valence-electron chi connectivity index (χ0n) is 20.6. The van der Waals surface area contributed by atoms with Crippen LogP contribution in [-0.4, -0.2) is 39.0 Å². The lowest BCUT2D eigenvalue weighted by Gasteiger charge is -2.26. The topological polar surface area (TPSA) is 50.5 Å². The van der Waals surface area contributed by atoms with Crippen molar-refractivity contribution in [3.63, 3.8) is 0 Å². The van der Waals surface area contributed by atoms with Crippen molar-refractivity contribution >= 4 is 11.6 Å². The molecule has 1 aliphatic rings. The molecule has 0 unspecified atom stereocenters. The molecule has 1 aromatic heterocycles. The van der Waals surface area contributed by atoms with Crippen molar-refractivity contribution in [1.29, 1.82) is 0 Å². The van der Waals surface area contributed by atoms with E-state index < -0.39 is 6.10 Å². The van der Waals surface area contributed by atoms with Gasteiger partial charge in [-0.3, -0.25) is 4.90 Å². The number of aromatic nitrogens is 2. The number of hydrogen-bond donors (Lipinski definition) is 1. The summed E-state index contributed by atoms with van der Waals surface area (Å²) >= 11 is 6.09. The molecule has 1 atom stereocenters. The van der Waals surface area contributed by atoms with Gasteiger partial charge in [-0.05, 0) is 55.0 Å². The van der Waals surface area contributed by atoms with Crippen molar-refractivity contribution in [3.8, 4) is 22.9 Å². The van der Waals surface area contributed by atoms with Crippen LogP contribution in [0.1, 0.15) is 24.0 Å². The van der Waals surface area contributed by atoms with Gasteiger partial charge in [-0.15, -0.1) is 0 Å². The Morgan fingerprint density at radius 2 is 1.67 bits per heavy atom. The molecule has 1 N–H and O–H groups in total. The van der Waals surface area contributed by atoms with Gasteiger partial charge in [0, 0.05) is 37.3 Å². The molecule has 3 aromatic carbocycles. The number of rotatable bonds is 11. The van der Waals surface area contributed by atoms with Gasteiger partial charge in [0.05, 0.1) is 11.7 Å². The lowest BCUT2D eigenvalue weighted by Crippen LogP contribution is -2.35. The first-order valence-electron chi connectivity index (χ1n) is 12.5. The Morgan fingerprint density at radius 3 is 2.33 bits per heavy atom. The average molecular weight is 502 g/mol. The van der Waals surface area contributed by atoms with Crippen LogP contribution in [-0.2, 0) is 20.0 Å². The van der Waals surface area contributed by atoms with E-state index in [0.717, 1.165) is 28.9 Å². The summed E-state index contributed by atoms with van der Waals surface area (Å²) in [5, 5.41) is 16.5. The quantitative estimate of drug-likeness (QED) is 0.260. The van der Waals surface area contributed by atoms with E-state index in [2.05, 4.69) is 29.2 Å². The summed E-state index contributed by atoms with van der Waals surface area (Å²) in [6, 6.07) is 27.8. The molecule has 1 fully saturated rings. The summed E-state index contributed by atoms with van der Waals surface area (Å²) in [5.74, 6) is 2.10. The second-order valence-corrected chi connectivity index (χ2v) is 10.1. The van der Waals surface area contributed by atoms with Gasteiger partial charge >= 0.3 is 0 Å². The van der Waals surface area contributed by atoms with Crippen LogP contribution in [0.5, 0.6) is 11.6 Å². The number of ether oxygens (including phenoxy) is 1. The van der Waals surface area contributed by atoms with Crippen LogP contribution in [0.2, 0.25) is 5.02 Å². The van der Waals surface area contributed by atoms with E-state index in [-0.39, 0.29) is 0 Å². The van der Waals surface area contributed by atoms with Crippen molar-refractivity contribution in [2.45, 2.75) is 31.9 Å². The number of halogens is 1. The van der Waals surface area contributed by atoms with Crippen molar-refractivity contribution in [1.82, 2.24) is 14.7 Å². The van der Waals surface area contributed by atoms with Crippen LogP contribution in [0, 0.1) is 5.92 Å². The maximum atomic E-state index is 11.0. The standard InChI is InChI=1S/C30H32ClN3O2/c1-33-30(36-27-16-14-25(31)15-17-27)28(29(32-33)24-10-6-3-7-11-24)21-34(19-23-12-13-23)20-26(35)18-22-8-4-2-5-9-22/h2-11,14-17,23,26,35H,12-13,18-21H2,1H3/t26-/m0/s1.